The fourth-order valence-electron chi connectivity index (χ4n) is 2.94. The SMILES string of the molecule is C1CC2C3CNCC2(CCS3)O1. The standard InChI is InChI=1S/C9H15NOS/c1-3-11-9-2-4-12-8(7(1)9)5-10-6-9/h7-8,10H,1-6H2. The molecule has 3 saturated heterocycles. The van der Waals surface area contributed by atoms with Crippen LogP contribution in [0.3, 0.4) is 0 Å². The van der Waals surface area contributed by atoms with Crippen molar-refractivity contribution in [1.82, 2.24) is 5.32 Å². The van der Waals surface area contributed by atoms with Crippen LogP contribution in [0.5, 0.6) is 0 Å². The van der Waals surface area contributed by atoms with Gasteiger partial charge in [0.1, 0.15) is 0 Å². The average Bonchev–Trinajstić information content (AvgIpc) is 2.47. The van der Waals surface area contributed by atoms with Gasteiger partial charge in [0.05, 0.1) is 5.60 Å². The second kappa shape index (κ2) is 2.63. The number of nitrogens with one attached hydrogen (secondary N) is 1. The van der Waals surface area contributed by atoms with Crippen molar-refractivity contribution in [2.24, 2.45) is 5.92 Å². The van der Waals surface area contributed by atoms with Crippen molar-refractivity contribution in [3.05, 3.63) is 0 Å². The van der Waals surface area contributed by atoms with Crippen molar-refractivity contribution in [2.75, 3.05) is 25.4 Å². The Morgan fingerprint density at radius 2 is 2.50 bits per heavy atom. The van der Waals surface area contributed by atoms with Crippen LogP contribution < -0.4 is 5.32 Å². The lowest BCUT2D eigenvalue weighted by Gasteiger charge is -2.47. The van der Waals surface area contributed by atoms with Crippen molar-refractivity contribution in [1.29, 1.82) is 0 Å². The van der Waals surface area contributed by atoms with E-state index in [-0.39, 0.29) is 5.60 Å². The monoisotopic (exact) mass is 185 g/mol. The summed E-state index contributed by atoms with van der Waals surface area (Å²) in [7, 11) is 0. The van der Waals surface area contributed by atoms with E-state index >= 15 is 0 Å². The summed E-state index contributed by atoms with van der Waals surface area (Å²) in [4.78, 5) is 0. The van der Waals surface area contributed by atoms with Crippen LogP contribution >= 0.6 is 11.8 Å². The summed E-state index contributed by atoms with van der Waals surface area (Å²) in [6.07, 6.45) is 2.57. The molecule has 2 bridgehead atoms. The van der Waals surface area contributed by atoms with Crippen LogP contribution in [-0.4, -0.2) is 36.3 Å². The number of piperidine rings is 1. The Morgan fingerprint density at radius 3 is 3.42 bits per heavy atom. The van der Waals surface area contributed by atoms with Gasteiger partial charge < -0.3 is 10.1 Å². The van der Waals surface area contributed by atoms with E-state index in [0.29, 0.717) is 0 Å². The number of thioether (sulfide) groups is 1. The van der Waals surface area contributed by atoms with Gasteiger partial charge in [0.15, 0.2) is 0 Å². The van der Waals surface area contributed by atoms with Crippen LogP contribution in [0.15, 0.2) is 0 Å². The van der Waals surface area contributed by atoms with Crippen molar-refractivity contribution in [3.63, 3.8) is 0 Å². The highest BCUT2D eigenvalue weighted by atomic mass is 32.2. The summed E-state index contributed by atoms with van der Waals surface area (Å²) in [5.74, 6) is 2.17. The molecule has 1 N–H and O–H groups in total. The third kappa shape index (κ3) is 0.903. The molecule has 0 spiro atoms. The third-order valence-electron chi connectivity index (χ3n) is 3.57. The topological polar surface area (TPSA) is 21.3 Å². The molecule has 0 aromatic rings. The molecule has 0 saturated carbocycles. The number of rotatable bonds is 0. The van der Waals surface area contributed by atoms with Crippen LogP contribution in [0.25, 0.3) is 0 Å². The molecule has 3 heterocycles. The van der Waals surface area contributed by atoms with Gasteiger partial charge in [0.25, 0.3) is 0 Å². The van der Waals surface area contributed by atoms with E-state index in [9.17, 15) is 0 Å². The lowest BCUT2D eigenvalue weighted by atomic mass is 9.79. The summed E-state index contributed by atoms with van der Waals surface area (Å²) in [5, 5.41) is 4.35. The first kappa shape index (κ1) is 7.65. The Labute approximate surface area is 77.4 Å². The zero-order chi connectivity index (χ0) is 8.02. The number of hydrogen-bond donors (Lipinski definition) is 1. The molecule has 3 heteroatoms. The highest BCUT2D eigenvalue weighted by molar-refractivity contribution is 8.00. The summed E-state index contributed by atoms with van der Waals surface area (Å²) >= 11 is 2.15. The van der Waals surface area contributed by atoms with Crippen LogP contribution in [0.4, 0.5) is 0 Å². The van der Waals surface area contributed by atoms with Gasteiger partial charge >= 0.3 is 0 Å². The molecule has 3 atom stereocenters. The highest BCUT2D eigenvalue weighted by Gasteiger charge is 2.52. The normalized spacial score (nSPS) is 52.0. The lowest BCUT2D eigenvalue weighted by Crippen LogP contribution is -2.58. The Morgan fingerprint density at radius 1 is 1.50 bits per heavy atom. The largest absolute Gasteiger partial charge is 0.373 e. The molecule has 3 rings (SSSR count). The van der Waals surface area contributed by atoms with Gasteiger partial charge in [-0.15, -0.1) is 0 Å². The molecule has 3 aliphatic rings. The van der Waals surface area contributed by atoms with E-state index in [1.807, 2.05) is 0 Å². The molecule has 0 aliphatic carbocycles. The van der Waals surface area contributed by atoms with Crippen LogP contribution in [-0.2, 0) is 4.74 Å². The first-order valence-corrected chi connectivity index (χ1v) is 5.92. The van der Waals surface area contributed by atoms with E-state index in [2.05, 4.69) is 17.1 Å². The minimum atomic E-state index is 0.258. The molecular formula is C9H15NOS. The molecule has 2 nitrogen and oxygen atoms in total. The van der Waals surface area contributed by atoms with Crippen LogP contribution in [0, 0.1) is 5.92 Å². The zero-order valence-corrected chi connectivity index (χ0v) is 8.03. The maximum atomic E-state index is 5.94. The third-order valence-corrected chi connectivity index (χ3v) is 4.93. The van der Waals surface area contributed by atoms with Crippen molar-refractivity contribution in [3.8, 4) is 0 Å². The summed E-state index contributed by atoms with van der Waals surface area (Å²) in [5.41, 5.74) is 0.258. The van der Waals surface area contributed by atoms with E-state index in [1.165, 1.54) is 25.1 Å². The van der Waals surface area contributed by atoms with Crippen LogP contribution in [0.1, 0.15) is 12.8 Å². The molecule has 0 radical (unpaired) electrons. The maximum absolute atomic E-state index is 5.94. The molecule has 3 unspecified atom stereocenters. The van der Waals surface area contributed by atoms with Gasteiger partial charge in [-0.05, 0) is 18.6 Å². The minimum Gasteiger partial charge on any atom is -0.373 e. The zero-order valence-electron chi connectivity index (χ0n) is 7.21. The van der Waals surface area contributed by atoms with Gasteiger partial charge in [-0.25, -0.2) is 0 Å². The minimum absolute atomic E-state index is 0.258. The second-order valence-corrected chi connectivity index (χ2v) is 5.45. The number of ether oxygens (including phenoxy) is 1. The Kier molecular flexibility index (Phi) is 1.68. The smallest absolute Gasteiger partial charge is 0.0853 e. The molecule has 0 amide bonds. The molecule has 3 fully saturated rings. The lowest BCUT2D eigenvalue weighted by molar-refractivity contribution is -0.0366. The Bertz CT molecular complexity index is 187. The number of hydrogen-bond acceptors (Lipinski definition) is 3. The fourth-order valence-corrected chi connectivity index (χ4v) is 4.56. The van der Waals surface area contributed by atoms with Crippen molar-refractivity contribution >= 4 is 11.8 Å². The van der Waals surface area contributed by atoms with Gasteiger partial charge in [-0.2, -0.15) is 11.8 Å². The predicted molar refractivity (Wildman–Crippen MR) is 50.5 cm³/mol. The van der Waals surface area contributed by atoms with Crippen molar-refractivity contribution < 1.29 is 4.74 Å². The fraction of sp³-hybridized carbons (Fsp3) is 1.00. The second-order valence-electron chi connectivity index (χ2n) is 4.10. The van der Waals surface area contributed by atoms with E-state index in [1.54, 1.807) is 0 Å². The first-order valence-electron chi connectivity index (χ1n) is 4.87. The van der Waals surface area contributed by atoms with Gasteiger partial charge in [0.2, 0.25) is 0 Å². The van der Waals surface area contributed by atoms with Gasteiger partial charge in [-0.3, -0.25) is 0 Å². The van der Waals surface area contributed by atoms with E-state index < -0.39 is 0 Å². The predicted octanol–water partition coefficient (Wildman–Crippen LogP) is 0.870. The summed E-state index contributed by atoms with van der Waals surface area (Å²) < 4.78 is 5.94. The molecular weight excluding hydrogens is 170 g/mol. The Hall–Kier alpha value is 0.270. The summed E-state index contributed by atoms with van der Waals surface area (Å²) in [6.45, 7) is 3.32. The van der Waals surface area contributed by atoms with Crippen molar-refractivity contribution in [2.45, 2.75) is 23.7 Å². The first-order chi connectivity index (χ1) is 5.91. The molecule has 0 aromatic heterocycles. The van der Waals surface area contributed by atoms with Gasteiger partial charge in [0, 0.05) is 30.9 Å². The van der Waals surface area contributed by atoms with Crippen LogP contribution in [0.2, 0.25) is 0 Å². The maximum Gasteiger partial charge on any atom is 0.0853 e. The summed E-state index contributed by atoms with van der Waals surface area (Å²) in [6, 6.07) is 0. The van der Waals surface area contributed by atoms with E-state index in [0.717, 1.165) is 24.3 Å². The van der Waals surface area contributed by atoms with E-state index in [4.69, 9.17) is 4.74 Å². The molecule has 3 aliphatic heterocycles. The average molecular weight is 185 g/mol. The molecule has 12 heavy (non-hydrogen) atoms. The quantitative estimate of drug-likeness (QED) is 0.605. The Balaban J connectivity index is 1.93. The highest BCUT2D eigenvalue weighted by Crippen LogP contribution is 2.47. The molecule has 68 valence electrons. The van der Waals surface area contributed by atoms with Gasteiger partial charge in [-0.1, -0.05) is 0 Å². The molecule has 0 aromatic carbocycles.